The van der Waals surface area contributed by atoms with E-state index in [1.165, 1.54) is 17.0 Å². The third-order valence-corrected chi connectivity index (χ3v) is 6.05. The highest BCUT2D eigenvalue weighted by molar-refractivity contribution is 7.13. The minimum Gasteiger partial charge on any atom is -0.369 e. The van der Waals surface area contributed by atoms with Crippen molar-refractivity contribution in [3.05, 3.63) is 64.9 Å². The summed E-state index contributed by atoms with van der Waals surface area (Å²) in [7, 11) is 0. The summed E-state index contributed by atoms with van der Waals surface area (Å²) in [4.78, 5) is 25.5. The minimum atomic E-state index is -0.126. The van der Waals surface area contributed by atoms with Gasteiger partial charge in [0.25, 0.3) is 5.91 Å². The molecule has 29 heavy (non-hydrogen) atoms. The predicted octanol–water partition coefficient (Wildman–Crippen LogP) is 3.41. The van der Waals surface area contributed by atoms with Crippen LogP contribution in [-0.4, -0.2) is 60.0 Å². The van der Waals surface area contributed by atoms with Gasteiger partial charge in [-0.2, -0.15) is 0 Å². The molecule has 8 heteroatoms. The summed E-state index contributed by atoms with van der Waals surface area (Å²) < 4.78 is 0. The van der Waals surface area contributed by atoms with E-state index in [0.717, 1.165) is 48.3 Å². The van der Waals surface area contributed by atoms with E-state index in [2.05, 4.69) is 31.2 Å². The third kappa shape index (κ3) is 5.12. The molecule has 0 bridgehead atoms. The lowest BCUT2D eigenvalue weighted by Crippen LogP contribution is -2.48. The second kappa shape index (κ2) is 9.35. The number of carbonyl (C=O) groups excluding carboxylic acids is 1. The van der Waals surface area contributed by atoms with Crippen molar-refractivity contribution >= 4 is 34.5 Å². The van der Waals surface area contributed by atoms with E-state index in [1.54, 1.807) is 17.8 Å². The lowest BCUT2D eigenvalue weighted by molar-refractivity contribution is 0.0943. The maximum atomic E-state index is 12.4. The number of nitrogens with one attached hydrogen (secondary N) is 1. The summed E-state index contributed by atoms with van der Waals surface area (Å²) in [5.41, 5.74) is 2.60. The quantitative estimate of drug-likeness (QED) is 0.653. The van der Waals surface area contributed by atoms with Gasteiger partial charge in [0.15, 0.2) is 0 Å². The largest absolute Gasteiger partial charge is 0.369 e. The van der Waals surface area contributed by atoms with E-state index < -0.39 is 0 Å². The van der Waals surface area contributed by atoms with Crippen LogP contribution in [0, 0.1) is 0 Å². The van der Waals surface area contributed by atoms with Crippen LogP contribution in [0.1, 0.15) is 10.5 Å². The maximum Gasteiger partial charge on any atom is 0.270 e. The molecule has 0 saturated carbocycles. The average molecular weight is 428 g/mol. The number of rotatable bonds is 6. The van der Waals surface area contributed by atoms with Crippen molar-refractivity contribution in [2.24, 2.45) is 0 Å². The van der Waals surface area contributed by atoms with Gasteiger partial charge in [0, 0.05) is 73.3 Å². The molecule has 2 aromatic heterocycles. The van der Waals surface area contributed by atoms with E-state index >= 15 is 0 Å². The number of pyridine rings is 1. The van der Waals surface area contributed by atoms with E-state index in [-0.39, 0.29) is 5.91 Å². The van der Waals surface area contributed by atoms with Gasteiger partial charge in [-0.05, 0) is 30.3 Å². The molecule has 0 radical (unpaired) electrons. The molecule has 1 fully saturated rings. The zero-order valence-corrected chi connectivity index (χ0v) is 17.5. The Morgan fingerprint density at radius 3 is 2.69 bits per heavy atom. The predicted molar refractivity (Wildman–Crippen MR) is 118 cm³/mol. The van der Waals surface area contributed by atoms with Gasteiger partial charge in [-0.15, -0.1) is 11.3 Å². The van der Waals surface area contributed by atoms with Crippen molar-refractivity contribution in [3.63, 3.8) is 0 Å². The Morgan fingerprint density at radius 2 is 1.93 bits per heavy atom. The Kier molecular flexibility index (Phi) is 6.39. The van der Waals surface area contributed by atoms with E-state index in [4.69, 9.17) is 11.6 Å². The number of hydrogen-bond acceptors (Lipinski definition) is 6. The van der Waals surface area contributed by atoms with Crippen molar-refractivity contribution in [3.8, 4) is 10.6 Å². The molecule has 1 aliphatic rings. The number of piperazine rings is 1. The highest BCUT2D eigenvalue weighted by Crippen LogP contribution is 2.23. The third-order valence-electron chi connectivity index (χ3n) is 4.92. The van der Waals surface area contributed by atoms with Gasteiger partial charge in [0.1, 0.15) is 10.7 Å². The summed E-state index contributed by atoms with van der Waals surface area (Å²) >= 11 is 7.56. The van der Waals surface area contributed by atoms with Gasteiger partial charge in [-0.1, -0.05) is 17.7 Å². The number of anilines is 1. The molecule has 3 aromatic rings. The van der Waals surface area contributed by atoms with Gasteiger partial charge >= 0.3 is 0 Å². The van der Waals surface area contributed by atoms with Gasteiger partial charge in [0.05, 0.1) is 0 Å². The highest BCUT2D eigenvalue weighted by Gasteiger charge is 2.18. The Balaban J connectivity index is 1.22. The number of aromatic nitrogens is 2. The molecule has 6 nitrogen and oxygen atoms in total. The molecule has 150 valence electrons. The molecule has 4 rings (SSSR count). The molecule has 0 spiro atoms. The van der Waals surface area contributed by atoms with Crippen molar-refractivity contribution < 1.29 is 4.79 Å². The fraction of sp³-hybridized carbons (Fsp3) is 0.286. The first-order valence-corrected chi connectivity index (χ1v) is 10.8. The summed E-state index contributed by atoms with van der Waals surface area (Å²) in [6, 6.07) is 11.8. The summed E-state index contributed by atoms with van der Waals surface area (Å²) in [6.07, 6.45) is 3.45. The molecule has 1 aliphatic heterocycles. The molecular weight excluding hydrogens is 406 g/mol. The van der Waals surface area contributed by atoms with E-state index in [1.807, 2.05) is 30.3 Å². The maximum absolute atomic E-state index is 12.4. The van der Waals surface area contributed by atoms with Crippen molar-refractivity contribution in [1.29, 1.82) is 0 Å². The topological polar surface area (TPSA) is 61.4 Å². The number of amides is 1. The second-order valence-corrected chi connectivity index (χ2v) is 8.13. The Bertz CT molecular complexity index is 956. The average Bonchev–Trinajstić information content (AvgIpc) is 3.25. The highest BCUT2D eigenvalue weighted by atomic mass is 35.5. The van der Waals surface area contributed by atoms with Crippen LogP contribution < -0.4 is 10.2 Å². The zero-order chi connectivity index (χ0) is 20.1. The standard InChI is InChI=1S/C21H22ClN5OS/c22-17-2-1-3-18(14-17)27-12-10-26(11-13-27)9-8-24-20(28)19-15-29-21(25-19)16-4-6-23-7-5-16/h1-7,14-15H,8-13H2,(H,24,28). The summed E-state index contributed by atoms with van der Waals surface area (Å²) in [6.45, 7) is 5.27. The molecule has 3 heterocycles. The van der Waals surface area contributed by atoms with Crippen LogP contribution in [-0.2, 0) is 0 Å². The van der Waals surface area contributed by atoms with Crippen molar-refractivity contribution in [2.45, 2.75) is 0 Å². The first-order chi connectivity index (χ1) is 14.2. The lowest BCUT2D eigenvalue weighted by Gasteiger charge is -2.36. The second-order valence-electron chi connectivity index (χ2n) is 6.84. The molecule has 1 N–H and O–H groups in total. The van der Waals surface area contributed by atoms with Crippen LogP contribution in [0.5, 0.6) is 0 Å². The van der Waals surface area contributed by atoms with Crippen LogP contribution in [0.25, 0.3) is 10.6 Å². The van der Waals surface area contributed by atoms with Crippen molar-refractivity contribution in [2.75, 3.05) is 44.2 Å². The number of halogens is 1. The monoisotopic (exact) mass is 427 g/mol. The van der Waals surface area contributed by atoms with Crippen LogP contribution in [0.15, 0.2) is 54.2 Å². The van der Waals surface area contributed by atoms with Crippen LogP contribution in [0.4, 0.5) is 5.69 Å². The van der Waals surface area contributed by atoms with Gasteiger partial charge < -0.3 is 10.2 Å². The fourth-order valence-corrected chi connectivity index (χ4v) is 4.32. The summed E-state index contributed by atoms with van der Waals surface area (Å²) in [5, 5.41) is 6.38. The molecule has 0 aliphatic carbocycles. The molecule has 0 unspecified atom stereocenters. The number of hydrogen-bond donors (Lipinski definition) is 1. The number of benzene rings is 1. The first kappa shape index (κ1) is 19.8. The molecule has 1 saturated heterocycles. The van der Waals surface area contributed by atoms with Crippen LogP contribution >= 0.6 is 22.9 Å². The number of carbonyl (C=O) groups is 1. The van der Waals surface area contributed by atoms with Gasteiger partial charge in [-0.3, -0.25) is 14.7 Å². The molecule has 1 amide bonds. The first-order valence-electron chi connectivity index (χ1n) is 9.56. The van der Waals surface area contributed by atoms with Crippen LogP contribution in [0.3, 0.4) is 0 Å². The Morgan fingerprint density at radius 1 is 1.14 bits per heavy atom. The number of thiazole rings is 1. The van der Waals surface area contributed by atoms with E-state index in [9.17, 15) is 4.79 Å². The van der Waals surface area contributed by atoms with Crippen LogP contribution in [0.2, 0.25) is 5.02 Å². The lowest BCUT2D eigenvalue weighted by atomic mass is 10.2. The van der Waals surface area contributed by atoms with Gasteiger partial charge in [0.2, 0.25) is 0 Å². The number of nitrogens with zero attached hydrogens (tertiary/aromatic N) is 4. The Labute approximate surface area is 179 Å². The zero-order valence-electron chi connectivity index (χ0n) is 15.9. The normalized spacial score (nSPS) is 14.7. The Hall–Kier alpha value is -2.48. The summed E-state index contributed by atoms with van der Waals surface area (Å²) in [5.74, 6) is -0.126. The fourth-order valence-electron chi connectivity index (χ4n) is 3.33. The van der Waals surface area contributed by atoms with E-state index in [0.29, 0.717) is 12.2 Å². The molecular formula is C21H22ClN5OS. The molecule has 1 aromatic carbocycles. The van der Waals surface area contributed by atoms with Gasteiger partial charge in [-0.25, -0.2) is 4.98 Å². The smallest absolute Gasteiger partial charge is 0.270 e. The SMILES string of the molecule is O=C(NCCN1CCN(c2cccc(Cl)c2)CC1)c1csc(-c2ccncc2)n1. The van der Waals surface area contributed by atoms with Crippen molar-refractivity contribution in [1.82, 2.24) is 20.2 Å². The minimum absolute atomic E-state index is 0.126. The molecule has 0 atom stereocenters.